The van der Waals surface area contributed by atoms with Crippen molar-refractivity contribution in [1.82, 2.24) is 10.4 Å². The first-order valence-electron chi connectivity index (χ1n) is 2.93. The third-order valence-corrected chi connectivity index (χ3v) is 0.826. The zero-order valence-electron chi connectivity index (χ0n) is 5.65. The quantitative estimate of drug-likeness (QED) is 0.559. The molecule has 0 aliphatic rings. The molecule has 0 fully saturated rings. The van der Waals surface area contributed by atoms with Crippen LogP contribution in [0.3, 0.4) is 0 Å². The Hall–Kier alpha value is -0.800. The number of urea groups is 1. The van der Waals surface area contributed by atoms with Crippen molar-refractivity contribution < 1.29 is 9.28 Å². The predicted molar refractivity (Wildman–Crippen MR) is 32.6 cm³/mol. The molecule has 0 saturated carbocycles. The van der Waals surface area contributed by atoms with Gasteiger partial charge in [0.2, 0.25) is 0 Å². The Morgan fingerprint density at radius 3 is 2.56 bits per heavy atom. The number of nitrogens with zero attached hydrogens (tertiary/aromatic N) is 1. The van der Waals surface area contributed by atoms with Crippen LogP contribution >= 0.6 is 0 Å². The van der Waals surface area contributed by atoms with Crippen LogP contribution in [0.4, 0.5) is 9.28 Å². The SMILES string of the molecule is CCNC(=O)N(F)CC. The molecular weight excluding hydrogens is 123 g/mol. The minimum Gasteiger partial charge on any atom is -0.336 e. The third kappa shape index (κ3) is 2.90. The van der Waals surface area contributed by atoms with E-state index in [-0.39, 0.29) is 11.7 Å². The molecule has 0 aliphatic carbocycles. The molecule has 0 aromatic carbocycles. The van der Waals surface area contributed by atoms with Crippen molar-refractivity contribution in [2.45, 2.75) is 13.8 Å². The second-order valence-electron chi connectivity index (χ2n) is 1.51. The maximum atomic E-state index is 12.1. The van der Waals surface area contributed by atoms with E-state index in [1.54, 1.807) is 13.8 Å². The molecule has 0 aliphatic heterocycles. The molecule has 0 saturated heterocycles. The van der Waals surface area contributed by atoms with Crippen molar-refractivity contribution in [3.8, 4) is 0 Å². The number of rotatable bonds is 2. The second-order valence-corrected chi connectivity index (χ2v) is 1.51. The highest BCUT2D eigenvalue weighted by atomic mass is 19.2. The van der Waals surface area contributed by atoms with E-state index < -0.39 is 6.03 Å². The minimum absolute atomic E-state index is 0.0891. The summed E-state index contributed by atoms with van der Waals surface area (Å²) in [5, 5.41) is 2.44. The molecule has 0 aromatic heterocycles. The average Bonchev–Trinajstić information content (AvgIpc) is 1.87. The molecule has 0 heterocycles. The van der Waals surface area contributed by atoms with Gasteiger partial charge in [-0.1, -0.05) is 4.48 Å². The van der Waals surface area contributed by atoms with Gasteiger partial charge in [0.1, 0.15) is 0 Å². The van der Waals surface area contributed by atoms with E-state index in [1.807, 2.05) is 0 Å². The van der Waals surface area contributed by atoms with Crippen molar-refractivity contribution in [2.75, 3.05) is 13.1 Å². The van der Waals surface area contributed by atoms with Crippen molar-refractivity contribution in [1.29, 1.82) is 0 Å². The molecule has 1 N–H and O–H groups in total. The molecule has 0 unspecified atom stereocenters. The lowest BCUT2D eigenvalue weighted by Gasteiger charge is -2.07. The van der Waals surface area contributed by atoms with Gasteiger partial charge in [0.05, 0.1) is 6.54 Å². The van der Waals surface area contributed by atoms with Gasteiger partial charge in [0.25, 0.3) is 0 Å². The van der Waals surface area contributed by atoms with Crippen LogP contribution in [0.2, 0.25) is 0 Å². The van der Waals surface area contributed by atoms with Crippen molar-refractivity contribution in [3.05, 3.63) is 0 Å². The summed E-state index contributed by atoms with van der Waals surface area (Å²) in [6.45, 7) is 3.85. The number of halogens is 1. The largest absolute Gasteiger partial charge is 0.345 e. The summed E-state index contributed by atoms with van der Waals surface area (Å²) in [6.07, 6.45) is 0. The number of hydrogen-bond acceptors (Lipinski definition) is 1. The predicted octanol–water partition coefficient (Wildman–Crippen LogP) is 0.922. The van der Waals surface area contributed by atoms with Crippen LogP contribution in [0.25, 0.3) is 0 Å². The summed E-state index contributed by atoms with van der Waals surface area (Å²) in [5.74, 6) is 0. The number of nitrogens with one attached hydrogen (secondary N) is 1. The Morgan fingerprint density at radius 2 is 2.22 bits per heavy atom. The summed E-state index contributed by atoms with van der Waals surface area (Å²) < 4.78 is 12.1. The molecule has 4 heteroatoms. The molecule has 0 radical (unpaired) electrons. The van der Waals surface area contributed by atoms with E-state index >= 15 is 0 Å². The zero-order valence-corrected chi connectivity index (χ0v) is 5.65. The molecule has 54 valence electrons. The normalized spacial score (nSPS) is 8.78. The van der Waals surface area contributed by atoms with Crippen molar-refractivity contribution in [2.24, 2.45) is 0 Å². The Labute approximate surface area is 53.8 Å². The van der Waals surface area contributed by atoms with E-state index in [9.17, 15) is 9.28 Å². The van der Waals surface area contributed by atoms with Crippen LogP contribution in [0.5, 0.6) is 0 Å². The maximum absolute atomic E-state index is 12.1. The molecule has 0 bridgehead atoms. The monoisotopic (exact) mass is 134 g/mol. The molecular formula is C5H11FN2O. The summed E-state index contributed by atoms with van der Waals surface area (Å²) >= 11 is 0. The fraction of sp³-hybridized carbons (Fsp3) is 0.800. The summed E-state index contributed by atoms with van der Waals surface area (Å²) in [4.78, 5) is 10.4. The van der Waals surface area contributed by atoms with Gasteiger partial charge in [-0.15, -0.1) is 0 Å². The highest BCUT2D eigenvalue weighted by Gasteiger charge is 2.06. The molecule has 0 aromatic rings. The zero-order chi connectivity index (χ0) is 7.28. The van der Waals surface area contributed by atoms with Gasteiger partial charge in [0, 0.05) is 6.54 Å². The molecule has 0 spiro atoms. The lowest BCUT2D eigenvalue weighted by Crippen LogP contribution is -2.34. The van der Waals surface area contributed by atoms with E-state index in [0.717, 1.165) is 0 Å². The van der Waals surface area contributed by atoms with Crippen LogP contribution in [-0.4, -0.2) is 24.2 Å². The van der Waals surface area contributed by atoms with Gasteiger partial charge >= 0.3 is 6.03 Å². The molecule has 3 nitrogen and oxygen atoms in total. The van der Waals surface area contributed by atoms with Crippen LogP contribution < -0.4 is 5.32 Å². The first-order chi connectivity index (χ1) is 4.22. The Morgan fingerprint density at radius 1 is 1.67 bits per heavy atom. The van der Waals surface area contributed by atoms with Crippen LogP contribution in [-0.2, 0) is 0 Å². The summed E-state index contributed by atoms with van der Waals surface area (Å²) in [5.41, 5.74) is 0. The third-order valence-electron chi connectivity index (χ3n) is 0.826. The number of carbonyl (C=O) groups is 1. The highest BCUT2D eigenvalue weighted by molar-refractivity contribution is 5.72. The lowest BCUT2D eigenvalue weighted by atomic mass is 10.7. The maximum Gasteiger partial charge on any atom is 0.345 e. The Kier molecular flexibility index (Phi) is 3.75. The van der Waals surface area contributed by atoms with E-state index in [2.05, 4.69) is 5.32 Å². The second kappa shape index (κ2) is 4.12. The standard InChI is InChI=1S/C5H11FN2O/c1-3-7-5(9)8(6)4-2/h3-4H2,1-2H3,(H,7,9). The molecule has 0 atom stereocenters. The first kappa shape index (κ1) is 8.20. The van der Waals surface area contributed by atoms with Gasteiger partial charge in [-0.3, -0.25) is 0 Å². The van der Waals surface area contributed by atoms with Crippen molar-refractivity contribution >= 4 is 6.03 Å². The van der Waals surface area contributed by atoms with Gasteiger partial charge in [0.15, 0.2) is 0 Å². The number of hydrogen-bond donors (Lipinski definition) is 1. The minimum atomic E-state index is -0.667. The smallest absolute Gasteiger partial charge is 0.336 e. The van der Waals surface area contributed by atoms with Crippen LogP contribution in [0, 0.1) is 0 Å². The fourth-order valence-electron chi connectivity index (χ4n) is 0.381. The van der Waals surface area contributed by atoms with Gasteiger partial charge < -0.3 is 5.32 Å². The van der Waals surface area contributed by atoms with E-state index in [1.165, 1.54) is 0 Å². The first-order valence-corrected chi connectivity index (χ1v) is 2.93. The van der Waals surface area contributed by atoms with E-state index in [4.69, 9.17) is 0 Å². The molecule has 0 rings (SSSR count). The number of carbonyl (C=O) groups excluding carboxylic acids is 1. The Bertz CT molecular complexity index is 97.0. The van der Waals surface area contributed by atoms with Crippen molar-refractivity contribution in [3.63, 3.8) is 0 Å². The van der Waals surface area contributed by atoms with Crippen LogP contribution in [0.1, 0.15) is 13.8 Å². The summed E-state index contributed by atoms with van der Waals surface area (Å²) in [6, 6.07) is -0.667. The molecule has 2 amide bonds. The van der Waals surface area contributed by atoms with Gasteiger partial charge in [-0.2, -0.15) is 5.12 Å². The topological polar surface area (TPSA) is 32.3 Å². The fourth-order valence-corrected chi connectivity index (χ4v) is 0.381. The van der Waals surface area contributed by atoms with E-state index in [0.29, 0.717) is 6.54 Å². The summed E-state index contributed by atoms with van der Waals surface area (Å²) in [7, 11) is 0. The van der Waals surface area contributed by atoms with Crippen LogP contribution in [0.15, 0.2) is 0 Å². The van der Waals surface area contributed by atoms with Gasteiger partial charge in [-0.25, -0.2) is 4.79 Å². The van der Waals surface area contributed by atoms with Gasteiger partial charge in [-0.05, 0) is 13.8 Å². The Balaban J connectivity index is 3.46. The number of amides is 2. The molecule has 9 heavy (non-hydrogen) atoms. The highest BCUT2D eigenvalue weighted by Crippen LogP contribution is 1.86. The lowest BCUT2D eigenvalue weighted by molar-refractivity contribution is 0.0720. The average molecular weight is 134 g/mol.